The van der Waals surface area contributed by atoms with Crippen LogP contribution in [0.4, 0.5) is 0 Å². The van der Waals surface area contributed by atoms with Crippen LogP contribution in [0.5, 0.6) is 0 Å². The van der Waals surface area contributed by atoms with E-state index in [0.29, 0.717) is 17.1 Å². The molecule has 0 saturated carbocycles. The molecule has 0 fully saturated rings. The predicted molar refractivity (Wildman–Crippen MR) is 71.9 cm³/mol. The minimum atomic E-state index is 0.434. The van der Waals surface area contributed by atoms with Crippen LogP contribution in [0.15, 0.2) is 22.8 Å². The summed E-state index contributed by atoms with van der Waals surface area (Å²) in [5.74, 6) is 0.601. The van der Waals surface area contributed by atoms with Gasteiger partial charge < -0.3 is 4.42 Å². The van der Waals surface area contributed by atoms with Gasteiger partial charge in [0.25, 0.3) is 0 Å². The van der Waals surface area contributed by atoms with E-state index < -0.39 is 0 Å². The number of hydrogen-bond acceptors (Lipinski definition) is 5. The molecule has 0 spiro atoms. The molecule has 96 valence electrons. The Bertz CT molecular complexity index is 733. The maximum Gasteiger partial charge on any atom is 0.214 e. The smallest absolute Gasteiger partial charge is 0.214 e. The van der Waals surface area contributed by atoms with Crippen LogP contribution >= 0.6 is 11.3 Å². The zero-order valence-electron chi connectivity index (χ0n) is 10.5. The Morgan fingerprint density at radius 2 is 2.42 bits per heavy atom. The van der Waals surface area contributed by atoms with Crippen molar-refractivity contribution in [3.8, 4) is 17.5 Å². The van der Waals surface area contributed by atoms with Gasteiger partial charge >= 0.3 is 0 Å². The highest BCUT2D eigenvalue weighted by Crippen LogP contribution is 2.27. The molecule has 0 aliphatic heterocycles. The topological polar surface area (TPSA) is 67.1 Å². The monoisotopic (exact) mass is 272 g/mol. The lowest BCUT2D eigenvalue weighted by molar-refractivity contribution is 0.580. The summed E-state index contributed by atoms with van der Waals surface area (Å²) in [6.45, 7) is 2.15. The number of imidazole rings is 1. The number of aryl methyl sites for hydroxylation is 1. The molecule has 6 heteroatoms. The molecule has 3 aromatic heterocycles. The van der Waals surface area contributed by atoms with Crippen LogP contribution in [0.2, 0.25) is 0 Å². The Kier molecular flexibility index (Phi) is 3.05. The Balaban J connectivity index is 2.07. The van der Waals surface area contributed by atoms with E-state index in [4.69, 9.17) is 4.42 Å². The van der Waals surface area contributed by atoms with E-state index in [1.807, 2.05) is 0 Å². The van der Waals surface area contributed by atoms with Crippen molar-refractivity contribution in [1.82, 2.24) is 14.6 Å². The van der Waals surface area contributed by atoms with E-state index in [-0.39, 0.29) is 0 Å². The summed E-state index contributed by atoms with van der Waals surface area (Å²) >= 11 is 1.53. The fraction of sp³-hybridized carbons (Fsp3) is 0.308. The van der Waals surface area contributed by atoms with Gasteiger partial charge in [0.15, 0.2) is 11.5 Å². The van der Waals surface area contributed by atoms with Crippen LogP contribution in [0.1, 0.15) is 30.5 Å². The molecule has 0 unspecified atom stereocenters. The van der Waals surface area contributed by atoms with Gasteiger partial charge in [0.2, 0.25) is 4.96 Å². The number of nitrogens with zero attached hydrogens (tertiary/aromatic N) is 4. The predicted octanol–water partition coefficient (Wildman–Crippen LogP) is 3.27. The summed E-state index contributed by atoms with van der Waals surface area (Å²) in [6.07, 6.45) is 4.74. The fourth-order valence-corrected chi connectivity index (χ4v) is 2.84. The lowest BCUT2D eigenvalue weighted by Gasteiger charge is -1.92. The summed E-state index contributed by atoms with van der Waals surface area (Å²) in [7, 11) is 0. The van der Waals surface area contributed by atoms with E-state index in [1.165, 1.54) is 11.3 Å². The molecule has 3 heterocycles. The van der Waals surface area contributed by atoms with Gasteiger partial charge in [0.05, 0.1) is 6.26 Å². The second-order valence-corrected chi connectivity index (χ2v) is 5.23. The van der Waals surface area contributed by atoms with Gasteiger partial charge in [-0.15, -0.1) is 0 Å². The van der Waals surface area contributed by atoms with E-state index in [0.717, 1.165) is 29.2 Å². The van der Waals surface area contributed by atoms with Crippen LogP contribution in [-0.4, -0.2) is 14.6 Å². The van der Waals surface area contributed by atoms with Crippen LogP contribution in [-0.2, 0) is 6.42 Å². The number of rotatable bonds is 4. The maximum atomic E-state index is 9.30. The number of nitriles is 1. The second-order valence-electron chi connectivity index (χ2n) is 4.19. The molecule has 3 aromatic rings. The first-order valence-corrected chi connectivity index (χ1v) is 6.97. The summed E-state index contributed by atoms with van der Waals surface area (Å²) < 4.78 is 6.92. The SMILES string of the molecule is CCCCc1nn2c(C#N)c(-c3ccco3)nc2s1. The highest BCUT2D eigenvalue weighted by Gasteiger charge is 2.19. The van der Waals surface area contributed by atoms with Gasteiger partial charge in [-0.3, -0.25) is 0 Å². The van der Waals surface area contributed by atoms with Crippen LogP contribution in [0.3, 0.4) is 0 Å². The molecule has 0 aliphatic carbocycles. The molecule has 0 N–H and O–H groups in total. The molecule has 0 atom stereocenters. The zero-order chi connectivity index (χ0) is 13.2. The highest BCUT2D eigenvalue weighted by molar-refractivity contribution is 7.16. The second kappa shape index (κ2) is 4.86. The van der Waals surface area contributed by atoms with Crippen molar-refractivity contribution in [3.63, 3.8) is 0 Å². The largest absolute Gasteiger partial charge is 0.463 e. The van der Waals surface area contributed by atoms with Crippen molar-refractivity contribution in [2.45, 2.75) is 26.2 Å². The number of unbranched alkanes of at least 4 members (excludes halogenated alkanes) is 1. The Morgan fingerprint density at radius 1 is 1.53 bits per heavy atom. The average Bonchev–Trinajstić information content (AvgIpc) is 3.10. The molecule has 0 amide bonds. The molecule has 0 aliphatic rings. The molecule has 0 bridgehead atoms. The molecule has 5 nitrogen and oxygen atoms in total. The molecule has 0 saturated heterocycles. The van der Waals surface area contributed by atoms with E-state index in [1.54, 1.807) is 22.9 Å². The summed E-state index contributed by atoms with van der Waals surface area (Å²) in [5.41, 5.74) is 0.997. The molecule has 0 aromatic carbocycles. The summed E-state index contributed by atoms with van der Waals surface area (Å²) in [5, 5.41) is 14.8. The number of furan rings is 1. The number of hydrogen-bond donors (Lipinski definition) is 0. The maximum absolute atomic E-state index is 9.30. The zero-order valence-corrected chi connectivity index (χ0v) is 11.3. The molecule has 3 rings (SSSR count). The first-order valence-electron chi connectivity index (χ1n) is 6.16. The third-order valence-electron chi connectivity index (χ3n) is 2.85. The average molecular weight is 272 g/mol. The third-order valence-corrected chi connectivity index (χ3v) is 3.82. The highest BCUT2D eigenvalue weighted by atomic mass is 32.1. The molecule has 0 radical (unpaired) electrons. The fourth-order valence-electron chi connectivity index (χ4n) is 1.90. The lowest BCUT2D eigenvalue weighted by Crippen LogP contribution is -1.92. The van der Waals surface area contributed by atoms with E-state index in [9.17, 15) is 5.26 Å². The minimum Gasteiger partial charge on any atom is -0.463 e. The summed E-state index contributed by atoms with van der Waals surface area (Å²) in [6, 6.07) is 5.74. The molecular formula is C13H12N4OS. The van der Waals surface area contributed by atoms with Gasteiger partial charge in [-0.1, -0.05) is 24.7 Å². The first kappa shape index (κ1) is 11.9. The first-order chi connectivity index (χ1) is 9.33. The summed E-state index contributed by atoms with van der Waals surface area (Å²) in [4.78, 5) is 5.20. The molecule has 19 heavy (non-hydrogen) atoms. The van der Waals surface area contributed by atoms with Crippen molar-refractivity contribution in [2.24, 2.45) is 0 Å². The van der Waals surface area contributed by atoms with Crippen LogP contribution < -0.4 is 0 Å². The van der Waals surface area contributed by atoms with Crippen molar-refractivity contribution in [3.05, 3.63) is 29.1 Å². The van der Waals surface area contributed by atoms with Gasteiger partial charge in [-0.05, 0) is 18.6 Å². The Hall–Kier alpha value is -2.13. The minimum absolute atomic E-state index is 0.434. The number of aromatic nitrogens is 3. The van der Waals surface area contributed by atoms with Gasteiger partial charge in [0, 0.05) is 6.42 Å². The van der Waals surface area contributed by atoms with Gasteiger partial charge in [0.1, 0.15) is 16.8 Å². The standard InChI is InChI=1S/C13H12N4OS/c1-2-3-6-11-16-17-9(8-14)12(15-13(17)19-11)10-5-4-7-18-10/h4-5,7H,2-3,6H2,1H3. The van der Waals surface area contributed by atoms with Crippen molar-refractivity contribution >= 4 is 16.3 Å². The van der Waals surface area contributed by atoms with E-state index in [2.05, 4.69) is 23.1 Å². The quantitative estimate of drug-likeness (QED) is 0.731. The molecular weight excluding hydrogens is 260 g/mol. The third kappa shape index (κ3) is 2.02. The van der Waals surface area contributed by atoms with Crippen LogP contribution in [0, 0.1) is 11.3 Å². The van der Waals surface area contributed by atoms with Crippen molar-refractivity contribution < 1.29 is 4.42 Å². The van der Waals surface area contributed by atoms with Crippen molar-refractivity contribution in [2.75, 3.05) is 0 Å². The number of fused-ring (bicyclic) bond motifs is 1. The lowest BCUT2D eigenvalue weighted by atomic mass is 10.3. The Labute approximate surface area is 114 Å². The van der Waals surface area contributed by atoms with Gasteiger partial charge in [-0.2, -0.15) is 14.9 Å². The van der Waals surface area contributed by atoms with Crippen LogP contribution in [0.25, 0.3) is 16.4 Å². The Morgan fingerprint density at radius 3 is 3.11 bits per heavy atom. The van der Waals surface area contributed by atoms with Crippen molar-refractivity contribution in [1.29, 1.82) is 5.26 Å². The van der Waals surface area contributed by atoms with E-state index >= 15 is 0 Å². The van der Waals surface area contributed by atoms with Gasteiger partial charge in [-0.25, -0.2) is 4.98 Å². The normalized spacial score (nSPS) is 10.9.